The Morgan fingerprint density at radius 3 is 2.85 bits per heavy atom. The average Bonchev–Trinajstić information content (AvgIpc) is 2.16. The summed E-state index contributed by atoms with van der Waals surface area (Å²) in [4.78, 5) is 0. The summed E-state index contributed by atoms with van der Waals surface area (Å²) in [6.07, 6.45) is 0. The lowest BCUT2D eigenvalue weighted by molar-refractivity contribution is 0.248. The second kappa shape index (κ2) is 4.82. The number of benzene rings is 1. The molecule has 1 rings (SSSR count). The molecule has 0 fully saturated rings. The maximum Gasteiger partial charge on any atom is 0.124 e. The average molecular weight is 184 g/mol. The van der Waals surface area contributed by atoms with Crippen molar-refractivity contribution in [2.75, 3.05) is 13.3 Å². The maximum absolute atomic E-state index is 11.8. The second-order valence-electron chi connectivity index (χ2n) is 2.81. The number of aliphatic hydroxyl groups is 1. The summed E-state index contributed by atoms with van der Waals surface area (Å²) in [7, 11) is 0. The molecule has 0 aliphatic carbocycles. The van der Waals surface area contributed by atoms with Gasteiger partial charge in [-0.3, -0.25) is 0 Å². The molecule has 0 aromatic heterocycles. The molecular formula is C10H13FO2. The molecule has 0 bridgehead atoms. The molecular weight excluding hydrogens is 171 g/mol. The van der Waals surface area contributed by atoms with Crippen molar-refractivity contribution in [3.05, 3.63) is 29.3 Å². The van der Waals surface area contributed by atoms with E-state index >= 15 is 0 Å². The molecule has 2 nitrogen and oxygen atoms in total. The van der Waals surface area contributed by atoms with Crippen LogP contribution in [0.15, 0.2) is 18.2 Å². The van der Waals surface area contributed by atoms with Crippen molar-refractivity contribution in [2.45, 2.75) is 13.5 Å². The fourth-order valence-corrected chi connectivity index (χ4v) is 1.12. The molecule has 0 saturated carbocycles. The van der Waals surface area contributed by atoms with E-state index in [2.05, 4.69) is 0 Å². The van der Waals surface area contributed by atoms with Gasteiger partial charge in [-0.2, -0.15) is 0 Å². The minimum absolute atomic E-state index is 0.0378. The molecule has 0 saturated heterocycles. The Morgan fingerprint density at radius 1 is 1.46 bits per heavy atom. The molecule has 0 heterocycles. The molecule has 0 unspecified atom stereocenters. The number of rotatable bonds is 4. The van der Waals surface area contributed by atoms with Gasteiger partial charge in [0, 0.05) is 5.56 Å². The summed E-state index contributed by atoms with van der Waals surface area (Å²) in [5.74, 6) is 0.561. The predicted molar refractivity (Wildman–Crippen MR) is 48.6 cm³/mol. The molecule has 3 heteroatoms. The Kier molecular flexibility index (Phi) is 3.71. The molecule has 0 radical (unpaired) electrons. The van der Waals surface area contributed by atoms with Crippen LogP contribution in [0.1, 0.15) is 11.1 Å². The van der Waals surface area contributed by atoms with Crippen LogP contribution in [0, 0.1) is 6.92 Å². The van der Waals surface area contributed by atoms with E-state index in [1.165, 1.54) is 0 Å². The van der Waals surface area contributed by atoms with Crippen LogP contribution in [0.5, 0.6) is 5.75 Å². The maximum atomic E-state index is 11.8. The van der Waals surface area contributed by atoms with Gasteiger partial charge in [0.2, 0.25) is 0 Å². The van der Waals surface area contributed by atoms with Crippen LogP contribution in [0.4, 0.5) is 4.39 Å². The minimum atomic E-state index is -0.515. The Balaban J connectivity index is 2.79. The number of hydrogen-bond donors (Lipinski definition) is 1. The third-order valence-electron chi connectivity index (χ3n) is 1.72. The normalized spacial score (nSPS) is 10.1. The second-order valence-corrected chi connectivity index (χ2v) is 2.81. The number of ether oxygens (including phenoxy) is 1. The van der Waals surface area contributed by atoms with Crippen LogP contribution >= 0.6 is 0 Å². The summed E-state index contributed by atoms with van der Waals surface area (Å²) in [6.45, 7) is 1.37. The van der Waals surface area contributed by atoms with Crippen molar-refractivity contribution in [3.8, 4) is 5.75 Å². The van der Waals surface area contributed by atoms with Gasteiger partial charge in [-0.05, 0) is 13.0 Å². The molecule has 0 aliphatic rings. The SMILES string of the molecule is Cc1ccc(OCCF)c(CO)c1. The molecule has 0 atom stereocenters. The zero-order valence-corrected chi connectivity index (χ0v) is 7.59. The molecule has 0 aliphatic heterocycles. The van der Waals surface area contributed by atoms with Crippen LogP contribution in [0.25, 0.3) is 0 Å². The lowest BCUT2D eigenvalue weighted by atomic mass is 10.1. The zero-order valence-electron chi connectivity index (χ0n) is 7.59. The number of aryl methyl sites for hydroxylation is 1. The van der Waals surface area contributed by atoms with E-state index in [1.807, 2.05) is 19.1 Å². The van der Waals surface area contributed by atoms with Gasteiger partial charge >= 0.3 is 0 Å². The molecule has 0 amide bonds. The molecule has 1 N–H and O–H groups in total. The van der Waals surface area contributed by atoms with E-state index in [4.69, 9.17) is 9.84 Å². The van der Waals surface area contributed by atoms with Crippen molar-refractivity contribution in [2.24, 2.45) is 0 Å². The molecule has 0 spiro atoms. The monoisotopic (exact) mass is 184 g/mol. The lowest BCUT2D eigenvalue weighted by Crippen LogP contribution is -2.01. The van der Waals surface area contributed by atoms with Crippen LogP contribution in [0.3, 0.4) is 0 Å². The number of alkyl halides is 1. The number of halogens is 1. The predicted octanol–water partition coefficient (Wildman–Crippen LogP) is 1.84. The summed E-state index contributed by atoms with van der Waals surface area (Å²) < 4.78 is 16.9. The summed E-state index contributed by atoms with van der Waals surface area (Å²) in [6, 6.07) is 5.44. The van der Waals surface area contributed by atoms with Crippen molar-refractivity contribution in [1.29, 1.82) is 0 Å². The van der Waals surface area contributed by atoms with Gasteiger partial charge < -0.3 is 9.84 Å². The van der Waals surface area contributed by atoms with Gasteiger partial charge in [-0.15, -0.1) is 0 Å². The largest absolute Gasteiger partial charge is 0.490 e. The Labute approximate surface area is 77.0 Å². The van der Waals surface area contributed by atoms with Gasteiger partial charge in [0.1, 0.15) is 19.0 Å². The lowest BCUT2D eigenvalue weighted by Gasteiger charge is -2.08. The first-order valence-corrected chi connectivity index (χ1v) is 4.17. The Bertz CT molecular complexity index is 274. The van der Waals surface area contributed by atoms with Gasteiger partial charge in [-0.25, -0.2) is 4.39 Å². The summed E-state index contributed by atoms with van der Waals surface area (Å²) >= 11 is 0. The highest BCUT2D eigenvalue weighted by Crippen LogP contribution is 2.19. The van der Waals surface area contributed by atoms with E-state index in [-0.39, 0.29) is 13.2 Å². The van der Waals surface area contributed by atoms with Crippen molar-refractivity contribution < 1.29 is 14.2 Å². The first-order valence-electron chi connectivity index (χ1n) is 4.17. The Hall–Kier alpha value is -1.09. The summed E-state index contributed by atoms with van der Waals surface area (Å²) in [5.41, 5.74) is 1.75. The highest BCUT2D eigenvalue weighted by molar-refractivity contribution is 5.36. The van der Waals surface area contributed by atoms with Gasteiger partial charge in [0.05, 0.1) is 6.61 Å². The van der Waals surface area contributed by atoms with Gasteiger partial charge in [0.15, 0.2) is 0 Å². The zero-order chi connectivity index (χ0) is 9.68. The van der Waals surface area contributed by atoms with E-state index in [9.17, 15) is 4.39 Å². The standard InChI is InChI=1S/C10H13FO2/c1-8-2-3-10(13-5-4-11)9(6-8)7-12/h2-3,6,12H,4-5,7H2,1H3. The fraction of sp³-hybridized carbons (Fsp3) is 0.400. The molecule has 72 valence electrons. The van der Waals surface area contributed by atoms with Crippen molar-refractivity contribution in [3.63, 3.8) is 0 Å². The van der Waals surface area contributed by atoms with Crippen LogP contribution in [-0.4, -0.2) is 18.4 Å². The summed E-state index contributed by atoms with van der Waals surface area (Å²) in [5, 5.41) is 8.97. The first kappa shape index (κ1) is 9.99. The van der Waals surface area contributed by atoms with E-state index in [1.54, 1.807) is 6.07 Å². The van der Waals surface area contributed by atoms with E-state index < -0.39 is 6.67 Å². The Morgan fingerprint density at radius 2 is 2.23 bits per heavy atom. The molecule has 13 heavy (non-hydrogen) atoms. The smallest absolute Gasteiger partial charge is 0.124 e. The van der Waals surface area contributed by atoms with Crippen LogP contribution in [0.2, 0.25) is 0 Å². The van der Waals surface area contributed by atoms with Gasteiger partial charge in [0.25, 0.3) is 0 Å². The quantitative estimate of drug-likeness (QED) is 0.773. The van der Waals surface area contributed by atoms with Gasteiger partial charge in [-0.1, -0.05) is 17.7 Å². The fourth-order valence-electron chi connectivity index (χ4n) is 1.12. The third kappa shape index (κ3) is 2.70. The van der Waals surface area contributed by atoms with E-state index in [0.717, 1.165) is 5.56 Å². The molecule has 1 aromatic carbocycles. The van der Waals surface area contributed by atoms with E-state index in [0.29, 0.717) is 11.3 Å². The van der Waals surface area contributed by atoms with Crippen LogP contribution in [-0.2, 0) is 6.61 Å². The first-order chi connectivity index (χ1) is 6.27. The minimum Gasteiger partial charge on any atom is -0.490 e. The topological polar surface area (TPSA) is 29.5 Å². The number of hydrogen-bond acceptors (Lipinski definition) is 2. The molecule has 1 aromatic rings. The third-order valence-corrected chi connectivity index (χ3v) is 1.72. The van der Waals surface area contributed by atoms with Crippen molar-refractivity contribution in [1.82, 2.24) is 0 Å². The number of aliphatic hydroxyl groups excluding tert-OH is 1. The van der Waals surface area contributed by atoms with Crippen LogP contribution < -0.4 is 4.74 Å². The highest BCUT2D eigenvalue weighted by atomic mass is 19.1. The highest BCUT2D eigenvalue weighted by Gasteiger charge is 2.02. The van der Waals surface area contributed by atoms with Crippen molar-refractivity contribution >= 4 is 0 Å².